The van der Waals surface area contributed by atoms with E-state index in [9.17, 15) is 9.59 Å². The van der Waals surface area contributed by atoms with Crippen molar-refractivity contribution in [3.05, 3.63) is 0 Å². The molecule has 2 amide bonds. The topological polar surface area (TPSA) is 69.6 Å². The van der Waals surface area contributed by atoms with E-state index in [1.54, 1.807) is 11.8 Å². The molecule has 1 saturated carbocycles. The molecule has 2 rings (SSSR count). The van der Waals surface area contributed by atoms with Gasteiger partial charge in [0.25, 0.3) is 0 Å². The third kappa shape index (κ3) is 3.39. The number of urea groups is 1. The Kier molecular flexibility index (Phi) is 4.32. The third-order valence-electron chi connectivity index (χ3n) is 4.64. The van der Waals surface area contributed by atoms with Crippen molar-refractivity contribution in [3.63, 3.8) is 0 Å². The maximum atomic E-state index is 11.9. The Morgan fingerprint density at radius 2 is 2.05 bits per heavy atom. The molecule has 5 heteroatoms. The Morgan fingerprint density at radius 3 is 2.58 bits per heavy atom. The van der Waals surface area contributed by atoms with Gasteiger partial charge >= 0.3 is 12.0 Å². The number of rotatable bonds is 4. The van der Waals surface area contributed by atoms with Crippen molar-refractivity contribution < 1.29 is 14.7 Å². The summed E-state index contributed by atoms with van der Waals surface area (Å²) < 4.78 is 0. The van der Waals surface area contributed by atoms with Gasteiger partial charge in [0, 0.05) is 25.6 Å². The van der Waals surface area contributed by atoms with Crippen molar-refractivity contribution in [1.29, 1.82) is 0 Å². The van der Waals surface area contributed by atoms with Crippen molar-refractivity contribution in [2.75, 3.05) is 19.6 Å². The van der Waals surface area contributed by atoms with Crippen molar-refractivity contribution in [1.82, 2.24) is 10.2 Å². The second kappa shape index (κ2) is 5.80. The number of carbonyl (C=O) groups excluding carboxylic acids is 1. The molecule has 0 aromatic rings. The highest BCUT2D eigenvalue weighted by atomic mass is 16.4. The van der Waals surface area contributed by atoms with Crippen LogP contribution in [0.2, 0.25) is 0 Å². The number of aliphatic carboxylic acids is 1. The molecule has 2 N–H and O–H groups in total. The van der Waals surface area contributed by atoms with E-state index in [1.165, 1.54) is 19.3 Å². The van der Waals surface area contributed by atoms with Crippen LogP contribution < -0.4 is 5.32 Å². The summed E-state index contributed by atoms with van der Waals surface area (Å²) in [7, 11) is 0. The summed E-state index contributed by atoms with van der Waals surface area (Å²) in [5, 5.41) is 11.9. The molecule has 0 aromatic heterocycles. The first-order valence-electron chi connectivity index (χ1n) is 7.23. The molecule has 0 aromatic carbocycles. The predicted molar refractivity (Wildman–Crippen MR) is 71.8 cm³/mol. The molecule has 3 unspecified atom stereocenters. The van der Waals surface area contributed by atoms with Crippen LogP contribution in [0.3, 0.4) is 0 Å². The van der Waals surface area contributed by atoms with Gasteiger partial charge in [-0.3, -0.25) is 4.79 Å². The summed E-state index contributed by atoms with van der Waals surface area (Å²) in [4.78, 5) is 24.4. The fraction of sp³-hybridized carbons (Fsp3) is 0.857. The maximum Gasteiger partial charge on any atom is 0.317 e. The minimum atomic E-state index is -0.773. The number of carboxylic acid groups (broad SMARTS) is 1. The van der Waals surface area contributed by atoms with Gasteiger partial charge in [-0.2, -0.15) is 0 Å². The normalized spacial score (nSPS) is 28.8. The number of amides is 2. The van der Waals surface area contributed by atoms with Crippen molar-refractivity contribution in [3.8, 4) is 0 Å². The molecule has 1 saturated heterocycles. The highest BCUT2D eigenvalue weighted by Crippen LogP contribution is 2.30. The summed E-state index contributed by atoms with van der Waals surface area (Å²) in [5.41, 5.74) is 0. The molecule has 0 spiro atoms. The average Bonchev–Trinajstić information content (AvgIpc) is 2.70. The minimum absolute atomic E-state index is 0.0339. The first-order chi connectivity index (χ1) is 8.97. The molecule has 108 valence electrons. The van der Waals surface area contributed by atoms with E-state index in [4.69, 9.17) is 5.11 Å². The quantitative estimate of drug-likeness (QED) is 0.816. The molecule has 19 heavy (non-hydrogen) atoms. The Morgan fingerprint density at radius 1 is 1.37 bits per heavy atom. The monoisotopic (exact) mass is 268 g/mol. The second-order valence-corrected chi connectivity index (χ2v) is 6.26. The van der Waals surface area contributed by atoms with Gasteiger partial charge in [0.2, 0.25) is 0 Å². The first-order valence-corrected chi connectivity index (χ1v) is 7.23. The van der Waals surface area contributed by atoms with E-state index in [-0.39, 0.29) is 17.9 Å². The van der Waals surface area contributed by atoms with Crippen LogP contribution in [0.25, 0.3) is 0 Å². The van der Waals surface area contributed by atoms with Gasteiger partial charge in [-0.1, -0.05) is 20.3 Å². The number of hydrogen-bond donors (Lipinski definition) is 2. The number of carboxylic acids is 1. The van der Waals surface area contributed by atoms with Crippen LogP contribution >= 0.6 is 0 Å². The number of nitrogens with zero attached hydrogens (tertiary/aromatic N) is 1. The minimum Gasteiger partial charge on any atom is -0.481 e. The van der Waals surface area contributed by atoms with Crippen molar-refractivity contribution in [2.24, 2.45) is 23.7 Å². The van der Waals surface area contributed by atoms with E-state index >= 15 is 0 Å². The number of hydrogen-bond acceptors (Lipinski definition) is 2. The van der Waals surface area contributed by atoms with Crippen LogP contribution in [0, 0.1) is 23.7 Å². The Hall–Kier alpha value is -1.26. The Labute approximate surface area is 114 Å². The summed E-state index contributed by atoms with van der Waals surface area (Å²) in [6.07, 6.45) is 3.68. The largest absolute Gasteiger partial charge is 0.481 e. The van der Waals surface area contributed by atoms with Gasteiger partial charge in [-0.25, -0.2) is 4.79 Å². The van der Waals surface area contributed by atoms with Crippen molar-refractivity contribution in [2.45, 2.75) is 33.1 Å². The molecule has 0 radical (unpaired) electrons. The lowest BCUT2D eigenvalue weighted by Gasteiger charge is -2.41. The highest BCUT2D eigenvalue weighted by Gasteiger charge is 2.37. The fourth-order valence-corrected chi connectivity index (χ4v) is 3.05. The van der Waals surface area contributed by atoms with Crippen LogP contribution in [-0.2, 0) is 4.79 Å². The summed E-state index contributed by atoms with van der Waals surface area (Å²) in [6, 6.07) is -0.0339. The van der Waals surface area contributed by atoms with E-state index in [0.717, 1.165) is 12.5 Å². The van der Waals surface area contributed by atoms with Gasteiger partial charge in [0.15, 0.2) is 0 Å². The van der Waals surface area contributed by atoms with Crippen LogP contribution in [0.1, 0.15) is 33.1 Å². The van der Waals surface area contributed by atoms with Gasteiger partial charge in [0.1, 0.15) is 0 Å². The molecule has 2 aliphatic rings. The standard InChI is InChI=1S/C14H24N2O3/c1-9-3-4-11(5-9)6-15-14(19)16-7-12(8-16)10(2)13(17)18/h9-12H,3-8H2,1-2H3,(H,15,19)(H,17,18). The fourth-order valence-electron chi connectivity index (χ4n) is 3.05. The smallest absolute Gasteiger partial charge is 0.317 e. The predicted octanol–water partition coefficient (Wildman–Crippen LogP) is 1.78. The highest BCUT2D eigenvalue weighted by molar-refractivity contribution is 5.76. The lowest BCUT2D eigenvalue weighted by molar-refractivity contribution is -0.144. The molecule has 1 aliphatic carbocycles. The van der Waals surface area contributed by atoms with Gasteiger partial charge in [-0.15, -0.1) is 0 Å². The van der Waals surface area contributed by atoms with Gasteiger partial charge in [0.05, 0.1) is 5.92 Å². The molecule has 0 bridgehead atoms. The van der Waals surface area contributed by atoms with Crippen LogP contribution in [0.15, 0.2) is 0 Å². The third-order valence-corrected chi connectivity index (χ3v) is 4.64. The molecule has 2 fully saturated rings. The zero-order valence-electron chi connectivity index (χ0n) is 11.8. The molecule has 5 nitrogen and oxygen atoms in total. The zero-order chi connectivity index (χ0) is 14.0. The van der Waals surface area contributed by atoms with Crippen LogP contribution in [0.4, 0.5) is 4.79 Å². The Bertz CT molecular complexity index is 353. The lowest BCUT2D eigenvalue weighted by atomic mass is 9.87. The van der Waals surface area contributed by atoms with E-state index in [0.29, 0.717) is 19.0 Å². The molecular weight excluding hydrogens is 244 g/mol. The zero-order valence-corrected chi connectivity index (χ0v) is 11.8. The van der Waals surface area contributed by atoms with Gasteiger partial charge < -0.3 is 15.3 Å². The lowest BCUT2D eigenvalue weighted by Crippen LogP contribution is -2.56. The summed E-state index contributed by atoms with van der Waals surface area (Å²) in [6.45, 7) is 5.87. The number of carbonyl (C=O) groups is 2. The van der Waals surface area contributed by atoms with E-state index < -0.39 is 5.97 Å². The van der Waals surface area contributed by atoms with Gasteiger partial charge in [-0.05, 0) is 24.7 Å². The maximum absolute atomic E-state index is 11.9. The first kappa shape index (κ1) is 14.2. The molecule has 3 atom stereocenters. The molecular formula is C14H24N2O3. The molecule has 1 heterocycles. The van der Waals surface area contributed by atoms with E-state index in [2.05, 4.69) is 12.2 Å². The second-order valence-electron chi connectivity index (χ2n) is 6.26. The van der Waals surface area contributed by atoms with Crippen LogP contribution in [-0.4, -0.2) is 41.6 Å². The van der Waals surface area contributed by atoms with Crippen molar-refractivity contribution >= 4 is 12.0 Å². The number of nitrogens with one attached hydrogen (secondary N) is 1. The average molecular weight is 268 g/mol. The summed E-state index contributed by atoms with van der Waals surface area (Å²) >= 11 is 0. The summed E-state index contributed by atoms with van der Waals surface area (Å²) in [5.74, 6) is 0.375. The SMILES string of the molecule is CC1CCC(CNC(=O)N2CC(C(C)C(=O)O)C2)C1. The van der Waals surface area contributed by atoms with Crippen LogP contribution in [0.5, 0.6) is 0 Å². The van der Waals surface area contributed by atoms with E-state index in [1.807, 2.05) is 0 Å². The number of likely N-dealkylation sites (tertiary alicyclic amines) is 1. The Balaban J connectivity index is 1.65. The molecule has 1 aliphatic heterocycles.